The molecule has 1 aromatic heterocycles. The van der Waals surface area contributed by atoms with E-state index in [1.165, 1.54) is 11.3 Å². The molecule has 2 amide bonds. The summed E-state index contributed by atoms with van der Waals surface area (Å²) in [5.41, 5.74) is 1.08. The first kappa shape index (κ1) is 18.5. The molecule has 1 aliphatic heterocycles. The fourth-order valence-electron chi connectivity index (χ4n) is 3.52. The third-order valence-electron chi connectivity index (χ3n) is 4.81. The molecule has 6 heteroatoms. The molecule has 0 aliphatic carbocycles. The summed E-state index contributed by atoms with van der Waals surface area (Å²) in [5, 5.41) is 5.38. The Hall–Kier alpha value is -2.34. The van der Waals surface area contributed by atoms with E-state index in [4.69, 9.17) is 0 Å². The molecule has 1 unspecified atom stereocenters. The van der Waals surface area contributed by atoms with E-state index in [9.17, 15) is 9.59 Å². The summed E-state index contributed by atoms with van der Waals surface area (Å²) >= 11 is 1.46. The van der Waals surface area contributed by atoms with Crippen molar-refractivity contribution in [2.24, 2.45) is 0 Å². The van der Waals surface area contributed by atoms with Gasteiger partial charge in [-0.2, -0.15) is 0 Å². The van der Waals surface area contributed by atoms with Gasteiger partial charge < -0.3 is 15.1 Å². The minimum absolute atomic E-state index is 0.00162. The number of nitrogens with one attached hydrogen (secondary N) is 1. The van der Waals surface area contributed by atoms with Gasteiger partial charge in [0.25, 0.3) is 5.91 Å². The van der Waals surface area contributed by atoms with Crippen LogP contribution in [0.4, 0.5) is 5.69 Å². The second-order valence-corrected chi connectivity index (χ2v) is 7.95. The Balaban J connectivity index is 1.90. The first-order chi connectivity index (χ1) is 12.4. The molecule has 2 heterocycles. The molecule has 1 aromatic carbocycles. The highest BCUT2D eigenvalue weighted by molar-refractivity contribution is 7.12. The average Bonchev–Trinajstić information content (AvgIpc) is 3.07. The predicted octanol–water partition coefficient (Wildman–Crippen LogP) is 3.23. The number of piperidine rings is 1. The largest absolute Gasteiger partial charge is 0.370 e. The summed E-state index contributed by atoms with van der Waals surface area (Å²) in [6, 6.07) is 11.7. The summed E-state index contributed by atoms with van der Waals surface area (Å²) in [6.07, 6.45) is 1.49. The summed E-state index contributed by atoms with van der Waals surface area (Å²) in [7, 11) is 3.53. The molecule has 1 aliphatic rings. The summed E-state index contributed by atoms with van der Waals surface area (Å²) in [6.45, 7) is 3.00. The average molecular weight is 372 g/mol. The Bertz CT molecular complexity index is 787. The molecule has 26 heavy (non-hydrogen) atoms. The Morgan fingerprint density at radius 1 is 1.19 bits per heavy atom. The number of rotatable bonds is 4. The van der Waals surface area contributed by atoms with E-state index in [1.54, 1.807) is 19.0 Å². The first-order valence-corrected chi connectivity index (χ1v) is 9.69. The van der Waals surface area contributed by atoms with Crippen LogP contribution < -0.4 is 5.32 Å². The van der Waals surface area contributed by atoms with Gasteiger partial charge in [0.05, 0.1) is 11.4 Å². The molecule has 138 valence electrons. The van der Waals surface area contributed by atoms with Crippen LogP contribution in [0.5, 0.6) is 0 Å². The molecule has 3 rings (SSSR count). The number of likely N-dealkylation sites (N-methyl/N-ethyl adjacent to an activating group) is 1. The summed E-state index contributed by atoms with van der Waals surface area (Å²) < 4.78 is 0. The number of para-hydroxylation sites is 1. The van der Waals surface area contributed by atoms with Crippen LogP contribution in [-0.4, -0.2) is 54.3 Å². The highest BCUT2D eigenvalue weighted by atomic mass is 32.1. The van der Waals surface area contributed by atoms with E-state index < -0.39 is 5.54 Å². The summed E-state index contributed by atoms with van der Waals surface area (Å²) in [4.78, 5) is 30.3. The van der Waals surface area contributed by atoms with Gasteiger partial charge >= 0.3 is 0 Å². The van der Waals surface area contributed by atoms with Crippen molar-refractivity contribution >= 4 is 28.8 Å². The van der Waals surface area contributed by atoms with Crippen molar-refractivity contribution in [1.82, 2.24) is 9.80 Å². The maximum absolute atomic E-state index is 13.1. The Labute approximate surface area is 158 Å². The zero-order chi connectivity index (χ0) is 18.7. The monoisotopic (exact) mass is 371 g/mol. The van der Waals surface area contributed by atoms with Gasteiger partial charge in [-0.3, -0.25) is 9.59 Å². The lowest BCUT2D eigenvalue weighted by Crippen LogP contribution is -2.62. The molecular weight excluding hydrogens is 346 g/mol. The number of hydrogen-bond donors (Lipinski definition) is 1. The van der Waals surface area contributed by atoms with Gasteiger partial charge in [-0.05, 0) is 48.9 Å². The van der Waals surface area contributed by atoms with Crippen LogP contribution in [0.3, 0.4) is 0 Å². The van der Waals surface area contributed by atoms with Gasteiger partial charge in [0.2, 0.25) is 5.91 Å². The van der Waals surface area contributed by atoms with Crippen LogP contribution in [0.1, 0.15) is 28.1 Å². The zero-order valence-corrected chi connectivity index (χ0v) is 16.3. The van der Waals surface area contributed by atoms with E-state index in [1.807, 2.05) is 53.6 Å². The van der Waals surface area contributed by atoms with E-state index in [-0.39, 0.29) is 11.8 Å². The van der Waals surface area contributed by atoms with Crippen molar-refractivity contribution in [1.29, 1.82) is 0 Å². The minimum Gasteiger partial charge on any atom is -0.370 e. The lowest BCUT2D eigenvalue weighted by molar-refractivity contribution is -0.135. The zero-order valence-electron chi connectivity index (χ0n) is 15.5. The molecule has 2 aromatic rings. The Morgan fingerprint density at radius 3 is 2.54 bits per heavy atom. The molecule has 5 nitrogen and oxygen atoms in total. The van der Waals surface area contributed by atoms with Crippen LogP contribution in [0, 0.1) is 6.92 Å². The van der Waals surface area contributed by atoms with E-state index in [2.05, 4.69) is 5.32 Å². The first-order valence-electron chi connectivity index (χ1n) is 8.81. The molecule has 0 bridgehead atoms. The van der Waals surface area contributed by atoms with Crippen LogP contribution in [0.2, 0.25) is 0 Å². The number of anilines is 1. The number of carbonyl (C=O) groups is 2. The molecular formula is C20H25N3O2S. The second-order valence-electron chi connectivity index (χ2n) is 7.04. The Kier molecular flexibility index (Phi) is 5.32. The number of nitrogens with zero attached hydrogens (tertiary/aromatic N) is 2. The lowest BCUT2D eigenvalue weighted by atomic mass is 9.86. The van der Waals surface area contributed by atoms with Gasteiger partial charge in [0.15, 0.2) is 0 Å². The lowest BCUT2D eigenvalue weighted by Gasteiger charge is -2.43. The number of carbonyl (C=O) groups excluding carboxylic acids is 2. The fourth-order valence-corrected chi connectivity index (χ4v) is 4.41. The molecule has 0 radical (unpaired) electrons. The molecule has 1 N–H and O–H groups in total. The topological polar surface area (TPSA) is 52.7 Å². The molecule has 0 saturated carbocycles. The van der Waals surface area contributed by atoms with Crippen LogP contribution in [0.15, 0.2) is 41.8 Å². The second kappa shape index (κ2) is 7.50. The van der Waals surface area contributed by atoms with Crippen molar-refractivity contribution < 1.29 is 9.59 Å². The maximum atomic E-state index is 13.1. The van der Waals surface area contributed by atoms with Crippen molar-refractivity contribution in [3.05, 3.63) is 52.2 Å². The van der Waals surface area contributed by atoms with Crippen molar-refractivity contribution in [2.45, 2.75) is 25.3 Å². The number of hydrogen-bond acceptors (Lipinski definition) is 4. The van der Waals surface area contributed by atoms with Gasteiger partial charge in [-0.1, -0.05) is 18.2 Å². The SMILES string of the molecule is Cc1ccsc1C(=O)N1CCCC(Nc2ccccc2)(C(=O)N(C)C)C1. The highest BCUT2D eigenvalue weighted by Crippen LogP contribution is 2.30. The number of thiophene rings is 1. The van der Waals surface area contributed by atoms with Crippen LogP contribution in [-0.2, 0) is 4.79 Å². The number of aryl methyl sites for hydroxylation is 1. The van der Waals surface area contributed by atoms with Crippen molar-refractivity contribution in [3.63, 3.8) is 0 Å². The smallest absolute Gasteiger partial charge is 0.264 e. The molecule has 1 saturated heterocycles. The van der Waals surface area contributed by atoms with Gasteiger partial charge in [-0.15, -0.1) is 11.3 Å². The quantitative estimate of drug-likeness (QED) is 0.898. The van der Waals surface area contributed by atoms with Crippen LogP contribution >= 0.6 is 11.3 Å². The maximum Gasteiger partial charge on any atom is 0.264 e. The number of likely N-dealkylation sites (tertiary alicyclic amines) is 1. The van der Waals surface area contributed by atoms with E-state index in [0.717, 1.165) is 22.5 Å². The van der Waals surface area contributed by atoms with Crippen molar-refractivity contribution in [3.8, 4) is 0 Å². The fraction of sp³-hybridized carbons (Fsp3) is 0.400. The standard InChI is InChI=1S/C20H25N3O2S/c1-15-10-13-26-17(15)18(24)23-12-7-11-20(14-23,19(25)22(2)3)21-16-8-5-4-6-9-16/h4-6,8-10,13,21H,7,11-12,14H2,1-3H3. The van der Waals surface area contributed by atoms with Crippen LogP contribution in [0.25, 0.3) is 0 Å². The number of benzene rings is 1. The third kappa shape index (κ3) is 3.60. The normalized spacial score (nSPS) is 19.9. The van der Waals surface area contributed by atoms with Gasteiger partial charge in [-0.25, -0.2) is 0 Å². The van der Waals surface area contributed by atoms with Gasteiger partial charge in [0.1, 0.15) is 5.54 Å². The Morgan fingerprint density at radius 2 is 1.92 bits per heavy atom. The minimum atomic E-state index is -0.802. The van der Waals surface area contributed by atoms with Crippen molar-refractivity contribution in [2.75, 3.05) is 32.5 Å². The molecule has 1 atom stereocenters. The number of amides is 2. The third-order valence-corrected chi connectivity index (χ3v) is 5.81. The summed E-state index contributed by atoms with van der Waals surface area (Å²) in [5.74, 6) is 0.0183. The van der Waals surface area contributed by atoms with Gasteiger partial charge in [0, 0.05) is 26.3 Å². The van der Waals surface area contributed by atoms with E-state index in [0.29, 0.717) is 19.5 Å². The van der Waals surface area contributed by atoms with E-state index >= 15 is 0 Å². The molecule has 1 fully saturated rings. The molecule has 0 spiro atoms. The predicted molar refractivity (Wildman–Crippen MR) is 106 cm³/mol. The highest BCUT2D eigenvalue weighted by Gasteiger charge is 2.44.